The van der Waals surface area contributed by atoms with Gasteiger partial charge >= 0.3 is 0 Å². The van der Waals surface area contributed by atoms with Crippen LogP contribution in [0.4, 0.5) is 0 Å². The summed E-state index contributed by atoms with van der Waals surface area (Å²) >= 11 is 0. The quantitative estimate of drug-likeness (QED) is 0.789. The Hall–Kier alpha value is -0.120. The smallest absolute Gasteiger partial charge is 0.0408 e. The standard InChI is InChI=1S/C14H29N3/c1-5-7-11(6-2)17-9-10-8-12(16(3)4)14(17)13(10)15/h10-14H,5-9,15H2,1-4H3/t10-,11?,12+,13-,14-/m1/s1. The molecule has 0 aromatic rings. The molecule has 0 amide bonds. The van der Waals surface area contributed by atoms with E-state index < -0.39 is 0 Å². The van der Waals surface area contributed by atoms with Gasteiger partial charge < -0.3 is 10.6 Å². The Bertz CT molecular complexity index is 254. The van der Waals surface area contributed by atoms with Crippen molar-refractivity contribution in [3.63, 3.8) is 0 Å². The molecule has 2 bridgehead atoms. The number of rotatable bonds is 5. The second kappa shape index (κ2) is 5.25. The monoisotopic (exact) mass is 239 g/mol. The third kappa shape index (κ3) is 2.25. The zero-order valence-corrected chi connectivity index (χ0v) is 11.9. The van der Waals surface area contributed by atoms with Crippen LogP contribution in [-0.4, -0.2) is 54.6 Å². The fourth-order valence-corrected chi connectivity index (χ4v) is 4.02. The first-order valence-electron chi connectivity index (χ1n) is 7.27. The molecule has 1 aliphatic heterocycles. The molecule has 3 heteroatoms. The van der Waals surface area contributed by atoms with Gasteiger partial charge in [0.15, 0.2) is 0 Å². The third-order valence-corrected chi connectivity index (χ3v) is 4.93. The van der Waals surface area contributed by atoms with E-state index >= 15 is 0 Å². The van der Waals surface area contributed by atoms with Crippen LogP contribution in [0.3, 0.4) is 0 Å². The van der Waals surface area contributed by atoms with E-state index in [1.165, 1.54) is 32.2 Å². The average molecular weight is 239 g/mol. The minimum atomic E-state index is 0.410. The van der Waals surface area contributed by atoms with Crippen LogP contribution in [-0.2, 0) is 0 Å². The Kier molecular flexibility index (Phi) is 4.11. The van der Waals surface area contributed by atoms with E-state index in [-0.39, 0.29) is 0 Å². The van der Waals surface area contributed by atoms with Crippen molar-refractivity contribution in [2.75, 3.05) is 20.6 Å². The molecular weight excluding hydrogens is 210 g/mol. The maximum Gasteiger partial charge on any atom is 0.0408 e. The number of fused-ring (bicyclic) bond motifs is 2. The molecule has 3 nitrogen and oxygen atoms in total. The zero-order valence-electron chi connectivity index (χ0n) is 11.9. The first-order valence-corrected chi connectivity index (χ1v) is 7.27. The van der Waals surface area contributed by atoms with Gasteiger partial charge in [-0.15, -0.1) is 0 Å². The van der Waals surface area contributed by atoms with Gasteiger partial charge in [-0.3, -0.25) is 4.90 Å². The molecule has 2 rings (SSSR count). The van der Waals surface area contributed by atoms with Gasteiger partial charge in [-0.2, -0.15) is 0 Å². The fourth-order valence-electron chi connectivity index (χ4n) is 4.02. The Morgan fingerprint density at radius 3 is 2.53 bits per heavy atom. The molecule has 17 heavy (non-hydrogen) atoms. The van der Waals surface area contributed by atoms with Crippen LogP contribution >= 0.6 is 0 Å². The molecule has 1 unspecified atom stereocenters. The van der Waals surface area contributed by atoms with Crippen molar-refractivity contribution >= 4 is 0 Å². The van der Waals surface area contributed by atoms with Gasteiger partial charge in [0, 0.05) is 30.7 Å². The molecule has 0 radical (unpaired) electrons. The van der Waals surface area contributed by atoms with Crippen molar-refractivity contribution in [1.82, 2.24) is 9.80 Å². The Labute approximate surface area is 106 Å². The van der Waals surface area contributed by atoms with E-state index in [9.17, 15) is 0 Å². The van der Waals surface area contributed by atoms with E-state index in [0.717, 1.165) is 12.0 Å². The molecule has 2 aliphatic rings. The molecular formula is C14H29N3. The second-order valence-electron chi connectivity index (χ2n) is 6.14. The lowest BCUT2D eigenvalue weighted by molar-refractivity contribution is 0.0732. The van der Waals surface area contributed by atoms with Crippen molar-refractivity contribution < 1.29 is 0 Å². The van der Waals surface area contributed by atoms with E-state index in [1.807, 2.05) is 0 Å². The first kappa shape index (κ1) is 13.3. The number of likely N-dealkylation sites (tertiary alicyclic amines) is 1. The predicted molar refractivity (Wildman–Crippen MR) is 73.0 cm³/mol. The highest BCUT2D eigenvalue weighted by Crippen LogP contribution is 2.40. The van der Waals surface area contributed by atoms with Gasteiger partial charge in [0.2, 0.25) is 0 Å². The van der Waals surface area contributed by atoms with E-state index in [2.05, 4.69) is 37.7 Å². The Balaban J connectivity index is 2.10. The third-order valence-electron chi connectivity index (χ3n) is 4.93. The summed E-state index contributed by atoms with van der Waals surface area (Å²) in [5.41, 5.74) is 6.42. The van der Waals surface area contributed by atoms with Crippen molar-refractivity contribution in [3.05, 3.63) is 0 Å². The molecule has 100 valence electrons. The molecule has 0 aromatic carbocycles. The topological polar surface area (TPSA) is 32.5 Å². The first-order chi connectivity index (χ1) is 8.10. The van der Waals surface area contributed by atoms with E-state index in [4.69, 9.17) is 5.73 Å². The molecule has 0 spiro atoms. The van der Waals surface area contributed by atoms with Crippen molar-refractivity contribution in [2.45, 2.75) is 63.7 Å². The van der Waals surface area contributed by atoms with E-state index in [0.29, 0.717) is 18.1 Å². The van der Waals surface area contributed by atoms with Gasteiger partial charge in [-0.1, -0.05) is 20.3 Å². The maximum absolute atomic E-state index is 6.42. The molecule has 5 atom stereocenters. The molecule has 1 heterocycles. The summed E-state index contributed by atoms with van der Waals surface area (Å²) in [5.74, 6) is 0.735. The summed E-state index contributed by atoms with van der Waals surface area (Å²) in [6.07, 6.45) is 5.18. The van der Waals surface area contributed by atoms with Crippen LogP contribution < -0.4 is 5.73 Å². The van der Waals surface area contributed by atoms with Gasteiger partial charge in [0.25, 0.3) is 0 Å². The van der Waals surface area contributed by atoms with Gasteiger partial charge in [-0.05, 0) is 39.3 Å². The average Bonchev–Trinajstić information content (AvgIpc) is 2.79. The Morgan fingerprint density at radius 2 is 2.06 bits per heavy atom. The molecule has 1 saturated heterocycles. The highest BCUT2D eigenvalue weighted by atomic mass is 15.3. The van der Waals surface area contributed by atoms with Crippen LogP contribution in [0.2, 0.25) is 0 Å². The van der Waals surface area contributed by atoms with Crippen LogP contribution in [0.1, 0.15) is 39.5 Å². The number of likely N-dealkylation sites (N-methyl/N-ethyl adjacent to an activating group) is 1. The summed E-state index contributed by atoms with van der Waals surface area (Å²) in [4.78, 5) is 5.11. The second-order valence-corrected chi connectivity index (χ2v) is 6.14. The van der Waals surface area contributed by atoms with Crippen molar-refractivity contribution in [3.8, 4) is 0 Å². The number of nitrogens with zero attached hydrogens (tertiary/aromatic N) is 2. The van der Waals surface area contributed by atoms with Crippen molar-refractivity contribution in [1.29, 1.82) is 0 Å². The normalized spacial score (nSPS) is 39.2. The molecule has 1 saturated carbocycles. The number of hydrogen-bond acceptors (Lipinski definition) is 3. The number of piperidine rings is 1. The highest BCUT2D eigenvalue weighted by Gasteiger charge is 2.52. The lowest BCUT2D eigenvalue weighted by Gasteiger charge is -2.41. The number of nitrogens with two attached hydrogens (primary N) is 1. The van der Waals surface area contributed by atoms with Gasteiger partial charge in [0.1, 0.15) is 0 Å². The van der Waals surface area contributed by atoms with Crippen LogP contribution in [0.15, 0.2) is 0 Å². The SMILES string of the molecule is CCCC(CC)N1C[C@H]2C[C@H](N(C)C)[C@@H]1[C@@H]2N. The summed E-state index contributed by atoms with van der Waals surface area (Å²) in [5, 5.41) is 0. The zero-order chi connectivity index (χ0) is 12.6. The predicted octanol–water partition coefficient (Wildman–Crippen LogP) is 1.53. The van der Waals surface area contributed by atoms with Gasteiger partial charge in [0.05, 0.1) is 0 Å². The summed E-state index contributed by atoms with van der Waals surface area (Å²) in [7, 11) is 4.41. The fraction of sp³-hybridized carbons (Fsp3) is 1.00. The largest absolute Gasteiger partial charge is 0.326 e. The van der Waals surface area contributed by atoms with Crippen molar-refractivity contribution in [2.24, 2.45) is 11.7 Å². The highest BCUT2D eigenvalue weighted by molar-refractivity contribution is 5.10. The summed E-state index contributed by atoms with van der Waals surface area (Å²) in [6, 6.07) is 2.44. The molecule has 2 N–H and O–H groups in total. The van der Waals surface area contributed by atoms with Crippen LogP contribution in [0.5, 0.6) is 0 Å². The molecule has 1 aliphatic carbocycles. The molecule has 2 fully saturated rings. The van der Waals surface area contributed by atoms with Crippen LogP contribution in [0, 0.1) is 5.92 Å². The van der Waals surface area contributed by atoms with E-state index in [1.54, 1.807) is 0 Å². The number of hydrogen-bond donors (Lipinski definition) is 1. The Morgan fingerprint density at radius 1 is 1.35 bits per heavy atom. The molecule has 0 aromatic heterocycles. The minimum Gasteiger partial charge on any atom is -0.326 e. The van der Waals surface area contributed by atoms with Crippen LogP contribution in [0.25, 0.3) is 0 Å². The summed E-state index contributed by atoms with van der Waals surface area (Å²) < 4.78 is 0. The summed E-state index contributed by atoms with van der Waals surface area (Å²) in [6.45, 7) is 5.86. The minimum absolute atomic E-state index is 0.410. The maximum atomic E-state index is 6.42. The lowest BCUT2D eigenvalue weighted by atomic mass is 9.99. The lowest BCUT2D eigenvalue weighted by Crippen LogP contribution is -2.54. The van der Waals surface area contributed by atoms with Gasteiger partial charge in [-0.25, -0.2) is 0 Å².